The quantitative estimate of drug-likeness (QED) is 0.875. The van der Waals surface area contributed by atoms with Crippen LogP contribution < -0.4 is 5.32 Å². The molecule has 0 spiro atoms. The SMILES string of the molecule is CCC(NCc1cc(C#N)ccc1F)C1CCCCC1. The molecular formula is C17H23FN2. The number of hydrogen-bond acceptors (Lipinski definition) is 2. The van der Waals surface area contributed by atoms with Crippen molar-refractivity contribution in [3.63, 3.8) is 0 Å². The van der Waals surface area contributed by atoms with Gasteiger partial charge in [-0.05, 0) is 43.4 Å². The molecule has 0 aliphatic heterocycles. The molecule has 1 unspecified atom stereocenters. The zero-order valence-electron chi connectivity index (χ0n) is 12.2. The minimum absolute atomic E-state index is 0.227. The molecule has 1 aliphatic carbocycles. The Kier molecular flexibility index (Phi) is 5.55. The molecule has 0 radical (unpaired) electrons. The molecule has 1 aromatic rings. The van der Waals surface area contributed by atoms with Gasteiger partial charge in [-0.1, -0.05) is 26.2 Å². The fourth-order valence-corrected chi connectivity index (χ4v) is 3.20. The maximum Gasteiger partial charge on any atom is 0.127 e. The van der Waals surface area contributed by atoms with Crippen LogP contribution in [0.5, 0.6) is 0 Å². The summed E-state index contributed by atoms with van der Waals surface area (Å²) in [6.45, 7) is 2.70. The van der Waals surface area contributed by atoms with Crippen LogP contribution in [0.3, 0.4) is 0 Å². The molecule has 1 fully saturated rings. The molecule has 2 nitrogen and oxygen atoms in total. The largest absolute Gasteiger partial charge is 0.310 e. The smallest absolute Gasteiger partial charge is 0.127 e. The Morgan fingerprint density at radius 1 is 1.35 bits per heavy atom. The van der Waals surface area contributed by atoms with E-state index in [1.54, 1.807) is 6.07 Å². The van der Waals surface area contributed by atoms with Gasteiger partial charge in [0.2, 0.25) is 0 Å². The summed E-state index contributed by atoms with van der Waals surface area (Å²) in [4.78, 5) is 0. The molecule has 0 heterocycles. The zero-order valence-corrected chi connectivity index (χ0v) is 12.2. The van der Waals surface area contributed by atoms with E-state index in [9.17, 15) is 4.39 Å². The highest BCUT2D eigenvalue weighted by Gasteiger charge is 2.22. The predicted molar refractivity (Wildman–Crippen MR) is 78.6 cm³/mol. The van der Waals surface area contributed by atoms with E-state index in [1.165, 1.54) is 44.2 Å². The van der Waals surface area contributed by atoms with Crippen molar-refractivity contribution in [2.75, 3.05) is 0 Å². The third kappa shape index (κ3) is 3.80. The second-order valence-electron chi connectivity index (χ2n) is 5.71. The molecule has 1 aliphatic rings. The Balaban J connectivity index is 1.97. The van der Waals surface area contributed by atoms with E-state index in [-0.39, 0.29) is 5.82 Å². The Morgan fingerprint density at radius 3 is 2.75 bits per heavy atom. The van der Waals surface area contributed by atoms with Crippen LogP contribution in [0.25, 0.3) is 0 Å². The minimum atomic E-state index is -0.227. The molecule has 0 amide bonds. The standard InChI is InChI=1S/C17H23FN2/c1-2-17(14-6-4-3-5-7-14)20-12-15-10-13(11-19)8-9-16(15)18/h8-10,14,17,20H,2-7,12H2,1H3. The van der Waals surface area contributed by atoms with Gasteiger partial charge in [-0.15, -0.1) is 0 Å². The molecule has 2 rings (SSSR count). The van der Waals surface area contributed by atoms with Crippen LogP contribution in [0.2, 0.25) is 0 Å². The minimum Gasteiger partial charge on any atom is -0.310 e. The highest BCUT2D eigenvalue weighted by atomic mass is 19.1. The van der Waals surface area contributed by atoms with Crippen molar-refractivity contribution in [2.24, 2.45) is 5.92 Å². The third-order valence-corrected chi connectivity index (χ3v) is 4.39. The summed E-state index contributed by atoms with van der Waals surface area (Å²) in [7, 11) is 0. The second-order valence-corrected chi connectivity index (χ2v) is 5.71. The lowest BCUT2D eigenvalue weighted by molar-refractivity contribution is 0.261. The van der Waals surface area contributed by atoms with Gasteiger partial charge in [0, 0.05) is 18.2 Å². The zero-order chi connectivity index (χ0) is 14.4. The number of nitrogens with zero attached hydrogens (tertiary/aromatic N) is 1. The molecule has 1 N–H and O–H groups in total. The summed E-state index contributed by atoms with van der Waals surface area (Å²) >= 11 is 0. The van der Waals surface area contributed by atoms with Gasteiger partial charge in [0.15, 0.2) is 0 Å². The topological polar surface area (TPSA) is 35.8 Å². The lowest BCUT2D eigenvalue weighted by Crippen LogP contribution is -2.36. The number of nitriles is 1. The van der Waals surface area contributed by atoms with Crippen LogP contribution in [0.1, 0.15) is 56.6 Å². The molecule has 108 valence electrons. The summed E-state index contributed by atoms with van der Waals surface area (Å²) in [5.74, 6) is 0.492. The van der Waals surface area contributed by atoms with Gasteiger partial charge in [-0.2, -0.15) is 5.26 Å². The van der Waals surface area contributed by atoms with Gasteiger partial charge in [-0.25, -0.2) is 4.39 Å². The van der Waals surface area contributed by atoms with Crippen LogP contribution in [0.15, 0.2) is 18.2 Å². The predicted octanol–water partition coefficient (Wildman–Crippen LogP) is 4.15. The van der Waals surface area contributed by atoms with Gasteiger partial charge in [0.05, 0.1) is 11.6 Å². The summed E-state index contributed by atoms with van der Waals surface area (Å²) < 4.78 is 13.8. The van der Waals surface area contributed by atoms with Crippen molar-refractivity contribution in [1.29, 1.82) is 5.26 Å². The van der Waals surface area contributed by atoms with Crippen LogP contribution in [-0.2, 0) is 6.54 Å². The maximum absolute atomic E-state index is 13.8. The Bertz CT molecular complexity index is 472. The van der Waals surface area contributed by atoms with Gasteiger partial charge in [-0.3, -0.25) is 0 Å². The first kappa shape index (κ1) is 15.0. The van der Waals surface area contributed by atoms with E-state index in [4.69, 9.17) is 5.26 Å². The van der Waals surface area contributed by atoms with E-state index in [2.05, 4.69) is 18.3 Å². The lowest BCUT2D eigenvalue weighted by Gasteiger charge is -2.30. The summed E-state index contributed by atoms with van der Waals surface area (Å²) in [6.07, 6.45) is 7.64. The average Bonchev–Trinajstić information content (AvgIpc) is 2.50. The molecule has 0 bridgehead atoms. The molecule has 20 heavy (non-hydrogen) atoms. The maximum atomic E-state index is 13.8. The van der Waals surface area contributed by atoms with Crippen molar-refractivity contribution in [1.82, 2.24) is 5.32 Å². The number of halogens is 1. The van der Waals surface area contributed by atoms with Crippen LogP contribution in [-0.4, -0.2) is 6.04 Å². The van der Waals surface area contributed by atoms with Gasteiger partial charge >= 0.3 is 0 Å². The average molecular weight is 274 g/mol. The first-order chi connectivity index (χ1) is 9.74. The molecule has 1 atom stereocenters. The van der Waals surface area contributed by atoms with E-state index in [1.807, 2.05) is 0 Å². The number of hydrogen-bond donors (Lipinski definition) is 1. The fraction of sp³-hybridized carbons (Fsp3) is 0.588. The number of benzene rings is 1. The third-order valence-electron chi connectivity index (χ3n) is 4.39. The van der Waals surface area contributed by atoms with Crippen molar-refractivity contribution < 1.29 is 4.39 Å². The van der Waals surface area contributed by atoms with E-state index in [0.717, 1.165) is 12.3 Å². The van der Waals surface area contributed by atoms with E-state index in [0.29, 0.717) is 23.7 Å². The first-order valence-corrected chi connectivity index (χ1v) is 7.66. The van der Waals surface area contributed by atoms with Crippen LogP contribution >= 0.6 is 0 Å². The molecule has 0 aromatic heterocycles. The highest BCUT2D eigenvalue weighted by Crippen LogP contribution is 2.28. The second kappa shape index (κ2) is 7.40. The molecular weight excluding hydrogens is 251 g/mol. The normalized spacial score (nSPS) is 17.6. The van der Waals surface area contributed by atoms with Crippen molar-refractivity contribution >= 4 is 0 Å². The van der Waals surface area contributed by atoms with Crippen molar-refractivity contribution in [3.8, 4) is 6.07 Å². The van der Waals surface area contributed by atoms with E-state index < -0.39 is 0 Å². The van der Waals surface area contributed by atoms with Crippen LogP contribution in [0, 0.1) is 23.1 Å². The number of rotatable bonds is 5. The summed E-state index contributed by atoms with van der Waals surface area (Å²) in [5.41, 5.74) is 1.12. The summed E-state index contributed by atoms with van der Waals surface area (Å²) in [5, 5.41) is 12.4. The molecule has 0 saturated heterocycles. The molecule has 1 saturated carbocycles. The van der Waals surface area contributed by atoms with Gasteiger partial charge < -0.3 is 5.32 Å². The van der Waals surface area contributed by atoms with Crippen molar-refractivity contribution in [3.05, 3.63) is 35.1 Å². The fourth-order valence-electron chi connectivity index (χ4n) is 3.20. The lowest BCUT2D eigenvalue weighted by atomic mass is 9.83. The molecule has 1 aromatic carbocycles. The highest BCUT2D eigenvalue weighted by molar-refractivity contribution is 5.33. The van der Waals surface area contributed by atoms with Gasteiger partial charge in [0.25, 0.3) is 0 Å². The molecule has 3 heteroatoms. The van der Waals surface area contributed by atoms with Crippen LogP contribution in [0.4, 0.5) is 4.39 Å². The Labute approximate surface area is 121 Å². The van der Waals surface area contributed by atoms with Crippen molar-refractivity contribution in [2.45, 2.75) is 58.0 Å². The first-order valence-electron chi connectivity index (χ1n) is 7.66. The monoisotopic (exact) mass is 274 g/mol. The van der Waals surface area contributed by atoms with Gasteiger partial charge in [0.1, 0.15) is 5.82 Å². The Hall–Kier alpha value is -1.40. The van der Waals surface area contributed by atoms with E-state index >= 15 is 0 Å². The number of nitrogens with one attached hydrogen (secondary N) is 1. The summed E-state index contributed by atoms with van der Waals surface area (Å²) in [6, 6.07) is 7.08. The Morgan fingerprint density at radius 2 is 2.10 bits per heavy atom.